The van der Waals surface area contributed by atoms with Gasteiger partial charge in [0.2, 0.25) is 5.91 Å². The van der Waals surface area contributed by atoms with E-state index in [0.717, 1.165) is 27.6 Å². The first-order valence-corrected chi connectivity index (χ1v) is 9.36. The molecule has 0 bridgehead atoms. The maximum atomic E-state index is 12.8. The number of nitrogens with one attached hydrogen (secondary N) is 2. The highest BCUT2D eigenvalue weighted by molar-refractivity contribution is 6.08. The molecule has 1 amide bonds. The smallest absolute Gasteiger partial charge is 0.246 e. The second kappa shape index (κ2) is 7.85. The van der Waals surface area contributed by atoms with Gasteiger partial charge in [0.1, 0.15) is 23.0 Å². The maximum absolute atomic E-state index is 12.8. The quantitative estimate of drug-likeness (QED) is 0.451. The van der Waals surface area contributed by atoms with E-state index in [4.69, 9.17) is 9.15 Å². The summed E-state index contributed by atoms with van der Waals surface area (Å²) in [6, 6.07) is 18.2. The van der Waals surface area contributed by atoms with Gasteiger partial charge in [-0.2, -0.15) is 0 Å². The number of para-hydroxylation sites is 2. The predicted octanol–water partition coefficient (Wildman–Crippen LogP) is 4.53. The van der Waals surface area contributed by atoms with Crippen LogP contribution < -0.4 is 15.4 Å². The molecule has 3 aromatic carbocycles. The highest BCUT2D eigenvalue weighted by Gasteiger charge is 2.18. The lowest BCUT2D eigenvalue weighted by atomic mass is 10.1. The topological polar surface area (TPSA) is 83.7 Å². The van der Waals surface area contributed by atoms with Crippen LogP contribution in [0.3, 0.4) is 0 Å². The van der Waals surface area contributed by atoms with Gasteiger partial charge in [0.05, 0.1) is 19.4 Å². The van der Waals surface area contributed by atoms with Crippen molar-refractivity contribution in [1.82, 2.24) is 0 Å². The Kier molecular flexibility index (Phi) is 5.10. The van der Waals surface area contributed by atoms with Crippen molar-refractivity contribution >= 4 is 39.2 Å². The van der Waals surface area contributed by atoms with Gasteiger partial charge in [0.15, 0.2) is 0 Å². The third-order valence-electron chi connectivity index (χ3n) is 4.91. The first-order valence-electron chi connectivity index (χ1n) is 9.36. The molecule has 0 radical (unpaired) electrons. The average molecular weight is 390 g/mol. The molecule has 4 aromatic rings. The Balaban J connectivity index is 1.60. The summed E-state index contributed by atoms with van der Waals surface area (Å²) < 4.78 is 11.4. The lowest BCUT2D eigenvalue weighted by Gasteiger charge is -2.18. The fraction of sp³-hybridized carbons (Fsp3) is 0.174. The van der Waals surface area contributed by atoms with Crippen LogP contribution in [0.25, 0.3) is 21.9 Å². The lowest BCUT2D eigenvalue weighted by molar-refractivity contribution is -0.116. The van der Waals surface area contributed by atoms with E-state index in [1.807, 2.05) is 54.6 Å². The van der Waals surface area contributed by atoms with Gasteiger partial charge in [0, 0.05) is 28.1 Å². The molecule has 0 aliphatic carbocycles. The molecule has 148 valence electrons. The van der Waals surface area contributed by atoms with Gasteiger partial charge >= 0.3 is 0 Å². The Labute approximate surface area is 168 Å². The van der Waals surface area contributed by atoms with Gasteiger partial charge in [-0.25, -0.2) is 0 Å². The lowest BCUT2D eigenvalue weighted by Crippen LogP contribution is -2.32. The first-order chi connectivity index (χ1) is 14.1. The van der Waals surface area contributed by atoms with Crippen molar-refractivity contribution in [2.45, 2.75) is 19.6 Å². The number of amides is 1. The van der Waals surface area contributed by atoms with Crippen LogP contribution in [0, 0.1) is 0 Å². The predicted molar refractivity (Wildman–Crippen MR) is 114 cm³/mol. The molecule has 4 rings (SSSR count). The van der Waals surface area contributed by atoms with E-state index in [1.54, 1.807) is 20.1 Å². The minimum atomic E-state index is -0.529. The summed E-state index contributed by atoms with van der Waals surface area (Å²) in [5.41, 5.74) is 3.44. The van der Waals surface area contributed by atoms with Crippen molar-refractivity contribution in [3.05, 3.63) is 66.2 Å². The third kappa shape index (κ3) is 3.62. The Bertz CT molecular complexity index is 1180. The number of aliphatic hydroxyl groups excluding tert-OH is 1. The summed E-state index contributed by atoms with van der Waals surface area (Å²) in [6.07, 6.45) is 0. The second-order valence-corrected chi connectivity index (χ2v) is 6.82. The van der Waals surface area contributed by atoms with Crippen LogP contribution in [-0.2, 0) is 11.4 Å². The summed E-state index contributed by atoms with van der Waals surface area (Å²) in [7, 11) is 1.57. The molecule has 0 spiro atoms. The fourth-order valence-electron chi connectivity index (χ4n) is 3.36. The van der Waals surface area contributed by atoms with E-state index in [1.165, 1.54) is 0 Å². The number of hydrogen-bond acceptors (Lipinski definition) is 5. The molecule has 6 nitrogen and oxygen atoms in total. The highest BCUT2D eigenvalue weighted by atomic mass is 16.5. The van der Waals surface area contributed by atoms with Crippen molar-refractivity contribution < 1.29 is 19.1 Å². The molecule has 6 heteroatoms. The zero-order valence-corrected chi connectivity index (χ0v) is 16.2. The summed E-state index contributed by atoms with van der Waals surface area (Å²) in [4.78, 5) is 12.8. The minimum Gasteiger partial charge on any atom is -0.495 e. The Hall–Kier alpha value is -3.51. The number of rotatable bonds is 6. The Morgan fingerprint density at radius 2 is 1.79 bits per heavy atom. The number of aliphatic hydroxyl groups is 1. The number of methoxy groups -OCH3 is 1. The van der Waals surface area contributed by atoms with Crippen LogP contribution in [-0.4, -0.2) is 24.2 Å². The molecule has 1 heterocycles. The van der Waals surface area contributed by atoms with Crippen LogP contribution in [0.1, 0.15) is 12.5 Å². The number of fused-ring (bicyclic) bond motifs is 3. The van der Waals surface area contributed by atoms with Crippen LogP contribution in [0.4, 0.5) is 11.4 Å². The Morgan fingerprint density at radius 1 is 1.03 bits per heavy atom. The van der Waals surface area contributed by atoms with Crippen molar-refractivity contribution in [1.29, 1.82) is 0 Å². The van der Waals surface area contributed by atoms with E-state index in [-0.39, 0.29) is 12.5 Å². The van der Waals surface area contributed by atoms with E-state index >= 15 is 0 Å². The summed E-state index contributed by atoms with van der Waals surface area (Å²) in [5, 5.41) is 17.4. The van der Waals surface area contributed by atoms with Crippen molar-refractivity contribution in [3.63, 3.8) is 0 Å². The van der Waals surface area contributed by atoms with E-state index < -0.39 is 6.04 Å². The fourth-order valence-corrected chi connectivity index (χ4v) is 3.36. The van der Waals surface area contributed by atoms with Crippen LogP contribution in [0.15, 0.2) is 65.1 Å². The van der Waals surface area contributed by atoms with Gasteiger partial charge < -0.3 is 24.9 Å². The maximum Gasteiger partial charge on any atom is 0.246 e. The molecule has 0 aliphatic heterocycles. The van der Waals surface area contributed by atoms with Crippen molar-refractivity contribution in [2.24, 2.45) is 0 Å². The number of hydrogen-bond donors (Lipinski definition) is 3. The molecule has 0 aliphatic rings. The molecule has 0 saturated heterocycles. The van der Waals surface area contributed by atoms with Crippen LogP contribution >= 0.6 is 0 Å². The molecule has 3 N–H and O–H groups in total. The standard InChI is InChI=1S/C23H22N2O4/c1-14(24-18-9-5-3-7-15(18)13-26)23(27)25-19-12-21-17(11-22(19)28-2)16-8-4-6-10-20(16)29-21/h3-12,14,24,26H,13H2,1-2H3,(H,25,27)/t14-/m0/s1. The van der Waals surface area contributed by atoms with Crippen LogP contribution in [0.5, 0.6) is 5.75 Å². The minimum absolute atomic E-state index is 0.103. The third-order valence-corrected chi connectivity index (χ3v) is 4.91. The number of ether oxygens (including phenoxy) is 1. The zero-order chi connectivity index (χ0) is 20.4. The summed E-state index contributed by atoms with van der Waals surface area (Å²) >= 11 is 0. The molecular weight excluding hydrogens is 368 g/mol. The summed E-state index contributed by atoms with van der Waals surface area (Å²) in [5.74, 6) is 0.326. The number of benzene rings is 3. The largest absolute Gasteiger partial charge is 0.495 e. The highest BCUT2D eigenvalue weighted by Crippen LogP contribution is 2.36. The number of carbonyl (C=O) groups excluding carboxylic acids is 1. The monoisotopic (exact) mass is 390 g/mol. The summed E-state index contributed by atoms with van der Waals surface area (Å²) in [6.45, 7) is 1.66. The van der Waals surface area contributed by atoms with Gasteiger partial charge in [-0.1, -0.05) is 36.4 Å². The molecule has 0 saturated carbocycles. The SMILES string of the molecule is COc1cc2c(cc1NC(=O)[C@H](C)Nc1ccccc1CO)oc1ccccc12. The molecular formula is C23H22N2O4. The average Bonchev–Trinajstić information content (AvgIpc) is 3.10. The first kappa shape index (κ1) is 18.8. The van der Waals surface area contributed by atoms with Gasteiger partial charge in [-0.15, -0.1) is 0 Å². The second-order valence-electron chi connectivity index (χ2n) is 6.82. The normalized spacial score (nSPS) is 12.1. The Morgan fingerprint density at radius 3 is 2.59 bits per heavy atom. The molecule has 0 unspecified atom stereocenters. The van der Waals surface area contributed by atoms with Gasteiger partial charge in [0.25, 0.3) is 0 Å². The number of furan rings is 1. The molecule has 1 aromatic heterocycles. The van der Waals surface area contributed by atoms with E-state index in [0.29, 0.717) is 17.0 Å². The zero-order valence-electron chi connectivity index (χ0n) is 16.2. The molecule has 1 atom stereocenters. The molecule has 29 heavy (non-hydrogen) atoms. The van der Waals surface area contributed by atoms with E-state index in [9.17, 15) is 9.90 Å². The van der Waals surface area contributed by atoms with Gasteiger partial charge in [-0.3, -0.25) is 4.79 Å². The van der Waals surface area contributed by atoms with E-state index in [2.05, 4.69) is 10.6 Å². The number of carbonyl (C=O) groups is 1. The van der Waals surface area contributed by atoms with Crippen LogP contribution in [0.2, 0.25) is 0 Å². The van der Waals surface area contributed by atoms with Gasteiger partial charge in [-0.05, 0) is 25.1 Å². The molecule has 0 fully saturated rings. The number of anilines is 2. The van der Waals surface area contributed by atoms with Crippen molar-refractivity contribution in [2.75, 3.05) is 17.7 Å². The van der Waals surface area contributed by atoms with Crippen molar-refractivity contribution in [3.8, 4) is 5.75 Å².